The molecule has 1 aliphatic heterocycles. The molecule has 1 aromatic heterocycles. The molecule has 0 saturated carbocycles. The maximum absolute atomic E-state index is 12.4. The molecule has 0 unspecified atom stereocenters. The Balaban J connectivity index is 1.78. The van der Waals surface area contributed by atoms with Gasteiger partial charge in [0.2, 0.25) is 5.91 Å². The van der Waals surface area contributed by atoms with Gasteiger partial charge in [-0.1, -0.05) is 12.1 Å². The summed E-state index contributed by atoms with van der Waals surface area (Å²) in [4.78, 5) is 51.4. The first-order valence-electron chi connectivity index (χ1n) is 8.05. The Kier molecular flexibility index (Phi) is 4.20. The number of nitrogens with one attached hydrogen (secondary N) is 1. The molecule has 132 valence electrons. The number of amides is 1. The second-order valence-corrected chi connectivity index (χ2v) is 6.61. The van der Waals surface area contributed by atoms with Gasteiger partial charge in [-0.15, -0.1) is 0 Å². The fourth-order valence-electron chi connectivity index (χ4n) is 3.18. The zero-order valence-corrected chi connectivity index (χ0v) is 13.8. The Labute approximate surface area is 142 Å². The fraction of sp³-hybridized carbons (Fsp3) is 0.412. The van der Waals surface area contributed by atoms with Gasteiger partial charge in [-0.05, 0) is 25.5 Å². The van der Waals surface area contributed by atoms with Crippen LogP contribution in [0.1, 0.15) is 19.8 Å². The summed E-state index contributed by atoms with van der Waals surface area (Å²) in [5, 5.41) is 9.63. The highest BCUT2D eigenvalue weighted by atomic mass is 16.4. The normalized spacial score (nSPS) is 20.1. The first-order chi connectivity index (χ1) is 11.8. The quantitative estimate of drug-likeness (QED) is 0.833. The van der Waals surface area contributed by atoms with Crippen molar-refractivity contribution < 1.29 is 14.7 Å². The molecular formula is C17H19N3O5. The number of aromatic amines is 1. The lowest BCUT2D eigenvalue weighted by atomic mass is 9.90. The topological polar surface area (TPSA) is 112 Å². The number of fused-ring (bicyclic) bond motifs is 1. The van der Waals surface area contributed by atoms with Crippen molar-refractivity contribution in [3.63, 3.8) is 0 Å². The van der Waals surface area contributed by atoms with Crippen molar-refractivity contribution >= 4 is 22.8 Å². The first kappa shape index (κ1) is 16.9. The Morgan fingerprint density at radius 2 is 2.00 bits per heavy atom. The van der Waals surface area contributed by atoms with E-state index in [9.17, 15) is 24.3 Å². The number of benzene rings is 1. The second kappa shape index (κ2) is 6.19. The van der Waals surface area contributed by atoms with Crippen molar-refractivity contribution in [2.45, 2.75) is 26.3 Å². The number of carbonyl (C=O) groups is 2. The van der Waals surface area contributed by atoms with E-state index < -0.39 is 22.6 Å². The number of hydrogen-bond acceptors (Lipinski definition) is 4. The third kappa shape index (κ3) is 3.07. The predicted molar refractivity (Wildman–Crippen MR) is 90.4 cm³/mol. The number of carboxylic acid groups (broad SMARTS) is 1. The van der Waals surface area contributed by atoms with E-state index in [1.54, 1.807) is 31.2 Å². The molecule has 1 amide bonds. The van der Waals surface area contributed by atoms with Gasteiger partial charge in [-0.2, -0.15) is 0 Å². The van der Waals surface area contributed by atoms with Gasteiger partial charge < -0.3 is 10.0 Å². The molecular weight excluding hydrogens is 326 g/mol. The molecule has 0 radical (unpaired) electrons. The van der Waals surface area contributed by atoms with Gasteiger partial charge in [-0.25, -0.2) is 4.79 Å². The van der Waals surface area contributed by atoms with Crippen LogP contribution in [0.4, 0.5) is 0 Å². The minimum Gasteiger partial charge on any atom is -0.481 e. The molecule has 0 spiro atoms. The molecule has 1 saturated heterocycles. The first-order valence-corrected chi connectivity index (χ1v) is 8.05. The molecule has 1 fully saturated rings. The van der Waals surface area contributed by atoms with Crippen molar-refractivity contribution in [3.05, 3.63) is 45.1 Å². The van der Waals surface area contributed by atoms with E-state index in [0.717, 1.165) is 0 Å². The summed E-state index contributed by atoms with van der Waals surface area (Å²) in [5.41, 5.74) is -1.47. The molecule has 1 aliphatic rings. The van der Waals surface area contributed by atoms with Gasteiger partial charge in [-0.3, -0.25) is 23.9 Å². The number of nitrogens with zero attached hydrogens (tertiary/aromatic N) is 2. The molecule has 2 heterocycles. The lowest BCUT2D eigenvalue weighted by Crippen LogP contribution is -2.36. The van der Waals surface area contributed by atoms with Crippen LogP contribution >= 0.6 is 0 Å². The molecule has 3 rings (SSSR count). The van der Waals surface area contributed by atoms with Crippen LogP contribution in [0.15, 0.2) is 33.9 Å². The third-order valence-electron chi connectivity index (χ3n) is 4.80. The van der Waals surface area contributed by atoms with E-state index >= 15 is 0 Å². The van der Waals surface area contributed by atoms with Gasteiger partial charge in [0.15, 0.2) is 0 Å². The lowest BCUT2D eigenvalue weighted by Gasteiger charge is -2.20. The van der Waals surface area contributed by atoms with E-state index in [-0.39, 0.29) is 25.4 Å². The minimum atomic E-state index is -0.919. The smallest absolute Gasteiger partial charge is 0.328 e. The number of aryl methyl sites for hydroxylation is 1. The van der Waals surface area contributed by atoms with Crippen molar-refractivity contribution in [3.8, 4) is 0 Å². The number of hydrogen-bond donors (Lipinski definition) is 2. The highest BCUT2D eigenvalue weighted by Gasteiger charge is 2.41. The van der Waals surface area contributed by atoms with Crippen LogP contribution < -0.4 is 11.2 Å². The van der Waals surface area contributed by atoms with Gasteiger partial charge in [0.1, 0.15) is 0 Å². The van der Waals surface area contributed by atoms with Crippen LogP contribution in [0.3, 0.4) is 0 Å². The maximum atomic E-state index is 12.4. The van der Waals surface area contributed by atoms with E-state index in [4.69, 9.17) is 0 Å². The predicted octanol–water partition coefficient (Wildman–Crippen LogP) is 0.403. The van der Waals surface area contributed by atoms with E-state index in [0.29, 0.717) is 23.9 Å². The number of likely N-dealkylation sites (tertiary alicyclic amines) is 1. The SMILES string of the molecule is C[C@@]1(C(=O)O)CCN(C(=O)CCn2c(=O)[nH]c(=O)c3ccccc32)C1. The van der Waals surface area contributed by atoms with E-state index in [2.05, 4.69) is 4.98 Å². The number of para-hydroxylation sites is 1. The van der Waals surface area contributed by atoms with Crippen molar-refractivity contribution in [2.75, 3.05) is 13.1 Å². The molecule has 1 aromatic carbocycles. The average molecular weight is 345 g/mol. The largest absolute Gasteiger partial charge is 0.481 e. The molecule has 1 atom stereocenters. The molecule has 2 aromatic rings. The summed E-state index contributed by atoms with van der Waals surface area (Å²) < 4.78 is 1.36. The molecule has 0 aliphatic carbocycles. The van der Waals surface area contributed by atoms with Crippen LogP contribution in [-0.4, -0.2) is 44.5 Å². The highest BCUT2D eigenvalue weighted by molar-refractivity contribution is 5.81. The molecule has 8 nitrogen and oxygen atoms in total. The number of rotatable bonds is 4. The summed E-state index contributed by atoms with van der Waals surface area (Å²) in [5.74, 6) is -1.11. The average Bonchev–Trinajstić information content (AvgIpc) is 2.98. The van der Waals surface area contributed by atoms with Gasteiger partial charge in [0.05, 0.1) is 16.3 Å². The van der Waals surface area contributed by atoms with Crippen molar-refractivity contribution in [2.24, 2.45) is 5.41 Å². The van der Waals surface area contributed by atoms with Crippen LogP contribution in [0.25, 0.3) is 10.9 Å². The van der Waals surface area contributed by atoms with Crippen molar-refractivity contribution in [1.82, 2.24) is 14.5 Å². The Bertz CT molecular complexity index is 961. The zero-order valence-electron chi connectivity index (χ0n) is 13.8. The maximum Gasteiger partial charge on any atom is 0.328 e. The summed E-state index contributed by atoms with van der Waals surface area (Å²) in [6.45, 7) is 2.31. The van der Waals surface area contributed by atoms with E-state index in [1.807, 2.05) is 0 Å². The highest BCUT2D eigenvalue weighted by Crippen LogP contribution is 2.30. The number of carbonyl (C=O) groups excluding carboxylic acids is 1. The van der Waals surface area contributed by atoms with E-state index in [1.165, 1.54) is 9.47 Å². The Morgan fingerprint density at radius 1 is 1.28 bits per heavy atom. The summed E-state index contributed by atoms with van der Waals surface area (Å²) in [6, 6.07) is 6.70. The van der Waals surface area contributed by atoms with Gasteiger partial charge in [0.25, 0.3) is 5.56 Å². The summed E-state index contributed by atoms with van der Waals surface area (Å²) >= 11 is 0. The number of aromatic nitrogens is 2. The van der Waals surface area contributed by atoms with Crippen LogP contribution in [-0.2, 0) is 16.1 Å². The molecule has 25 heavy (non-hydrogen) atoms. The van der Waals surface area contributed by atoms with Gasteiger partial charge >= 0.3 is 11.7 Å². The number of carboxylic acids is 1. The van der Waals surface area contributed by atoms with Crippen molar-refractivity contribution in [1.29, 1.82) is 0 Å². The Morgan fingerprint density at radius 3 is 2.68 bits per heavy atom. The molecule has 2 N–H and O–H groups in total. The summed E-state index contributed by atoms with van der Waals surface area (Å²) in [7, 11) is 0. The molecule has 8 heteroatoms. The van der Waals surface area contributed by atoms with Crippen LogP contribution in [0, 0.1) is 5.41 Å². The van der Waals surface area contributed by atoms with Crippen LogP contribution in [0.2, 0.25) is 0 Å². The molecule has 0 bridgehead atoms. The standard InChI is InChI=1S/C17H19N3O5/c1-17(15(23)24)7-9-19(10-17)13(21)6-8-20-12-5-3-2-4-11(12)14(22)18-16(20)25/h2-5H,6-10H2,1H3,(H,23,24)(H,18,22,25)/t17-/m1/s1. The number of aliphatic carboxylic acids is 1. The summed E-state index contributed by atoms with van der Waals surface area (Å²) in [6.07, 6.45) is 0.473. The zero-order chi connectivity index (χ0) is 18.2. The Hall–Kier alpha value is -2.90. The van der Waals surface area contributed by atoms with Gasteiger partial charge in [0, 0.05) is 26.1 Å². The fourth-order valence-corrected chi connectivity index (χ4v) is 3.18. The second-order valence-electron chi connectivity index (χ2n) is 6.61. The number of H-pyrrole nitrogens is 1. The third-order valence-corrected chi connectivity index (χ3v) is 4.80. The lowest BCUT2D eigenvalue weighted by molar-refractivity contribution is -0.147. The minimum absolute atomic E-state index is 0.0612. The monoisotopic (exact) mass is 345 g/mol. The van der Waals surface area contributed by atoms with Crippen LogP contribution in [0.5, 0.6) is 0 Å².